The molecule has 1 aromatic heterocycles. The second kappa shape index (κ2) is 4.69. The summed E-state index contributed by atoms with van der Waals surface area (Å²) in [4.78, 5) is 15.7. The summed E-state index contributed by atoms with van der Waals surface area (Å²) in [6.45, 7) is 1.74. The molecule has 1 amide bonds. The number of nitrogens with zero attached hydrogens (tertiary/aromatic N) is 1. The quantitative estimate of drug-likeness (QED) is 0.823. The van der Waals surface area contributed by atoms with E-state index >= 15 is 0 Å². The van der Waals surface area contributed by atoms with Crippen LogP contribution in [-0.4, -0.2) is 10.9 Å². The number of hydrogen-bond donors (Lipinski definition) is 2. The number of amides is 1. The Bertz CT molecular complexity index is 589. The van der Waals surface area contributed by atoms with E-state index in [1.54, 1.807) is 12.3 Å². The Kier molecular flexibility index (Phi) is 3.24. The van der Waals surface area contributed by atoms with Crippen molar-refractivity contribution < 1.29 is 13.6 Å². The van der Waals surface area contributed by atoms with Crippen LogP contribution in [0.2, 0.25) is 0 Å². The van der Waals surface area contributed by atoms with Gasteiger partial charge in [0.25, 0.3) is 5.91 Å². The zero-order valence-corrected chi connectivity index (χ0v) is 10.1. The predicted molar refractivity (Wildman–Crippen MR) is 65.6 cm³/mol. The molecule has 0 atom stereocenters. The van der Waals surface area contributed by atoms with Crippen LogP contribution in [0.15, 0.2) is 17.5 Å². The minimum atomic E-state index is -0.923. The van der Waals surface area contributed by atoms with E-state index in [4.69, 9.17) is 5.73 Å². The predicted octanol–water partition coefficient (Wildman–Crippen LogP) is 2.56. The van der Waals surface area contributed by atoms with Gasteiger partial charge in [0.15, 0.2) is 5.82 Å². The number of aryl methyl sites for hydroxylation is 1. The summed E-state index contributed by atoms with van der Waals surface area (Å²) in [5.41, 5.74) is 5.19. The number of nitrogen functional groups attached to an aromatic ring is 1. The number of anilines is 2. The monoisotopic (exact) mass is 269 g/mol. The van der Waals surface area contributed by atoms with E-state index in [9.17, 15) is 13.6 Å². The maximum absolute atomic E-state index is 13.4. The Morgan fingerprint density at radius 1 is 1.44 bits per heavy atom. The first-order valence-corrected chi connectivity index (χ1v) is 5.83. The molecule has 1 aromatic carbocycles. The van der Waals surface area contributed by atoms with Crippen molar-refractivity contribution in [1.82, 2.24) is 4.98 Å². The highest BCUT2D eigenvalue weighted by molar-refractivity contribution is 7.09. The van der Waals surface area contributed by atoms with E-state index in [2.05, 4.69) is 10.3 Å². The third-order valence-electron chi connectivity index (χ3n) is 2.18. The molecule has 0 unspecified atom stereocenters. The maximum Gasteiger partial charge on any atom is 0.275 e. The molecule has 0 aliphatic heterocycles. The molecule has 2 aromatic rings. The van der Waals surface area contributed by atoms with Crippen molar-refractivity contribution in [2.75, 3.05) is 11.1 Å². The molecule has 0 radical (unpaired) electrons. The molecule has 0 saturated carbocycles. The van der Waals surface area contributed by atoms with Gasteiger partial charge in [0.2, 0.25) is 0 Å². The fourth-order valence-corrected chi connectivity index (χ4v) is 1.96. The molecule has 3 N–H and O–H groups in total. The average Bonchev–Trinajstić information content (AvgIpc) is 2.70. The number of carbonyl (C=O) groups is 1. The number of rotatable bonds is 2. The average molecular weight is 269 g/mol. The van der Waals surface area contributed by atoms with Crippen LogP contribution < -0.4 is 11.1 Å². The lowest BCUT2D eigenvalue weighted by Crippen LogP contribution is -2.15. The highest BCUT2D eigenvalue weighted by Crippen LogP contribution is 2.24. The summed E-state index contributed by atoms with van der Waals surface area (Å²) in [6, 6.07) is 1.59. The summed E-state index contributed by atoms with van der Waals surface area (Å²) in [6.07, 6.45) is 0. The number of nitrogens with one attached hydrogen (secondary N) is 1. The van der Waals surface area contributed by atoms with Gasteiger partial charge in [-0.15, -0.1) is 11.3 Å². The van der Waals surface area contributed by atoms with Gasteiger partial charge < -0.3 is 11.1 Å². The van der Waals surface area contributed by atoms with E-state index in [-0.39, 0.29) is 17.1 Å². The lowest BCUT2D eigenvalue weighted by molar-refractivity contribution is 0.102. The molecule has 0 bridgehead atoms. The number of benzene rings is 1. The smallest absolute Gasteiger partial charge is 0.275 e. The fraction of sp³-hybridized carbons (Fsp3) is 0.0909. The topological polar surface area (TPSA) is 68.0 Å². The molecule has 18 heavy (non-hydrogen) atoms. The highest BCUT2D eigenvalue weighted by Gasteiger charge is 2.15. The van der Waals surface area contributed by atoms with Gasteiger partial charge in [0, 0.05) is 11.4 Å². The van der Waals surface area contributed by atoms with Crippen LogP contribution in [0.4, 0.5) is 20.2 Å². The van der Waals surface area contributed by atoms with E-state index in [0.717, 1.165) is 6.07 Å². The fourth-order valence-electron chi connectivity index (χ4n) is 1.37. The first-order valence-electron chi connectivity index (χ1n) is 4.95. The Morgan fingerprint density at radius 2 is 2.17 bits per heavy atom. The van der Waals surface area contributed by atoms with Crippen LogP contribution >= 0.6 is 11.3 Å². The first kappa shape index (κ1) is 12.4. The standard InChI is InChI=1S/C11H9F2N3OS/c1-5-15-9(4-18-5)11(17)16-10-7(13)2-6(12)3-8(10)14/h2-4H,14H2,1H3,(H,16,17). The molecule has 0 saturated heterocycles. The number of nitrogens with two attached hydrogens (primary N) is 1. The molecule has 0 aliphatic rings. The van der Waals surface area contributed by atoms with Gasteiger partial charge in [-0.1, -0.05) is 0 Å². The lowest BCUT2D eigenvalue weighted by atomic mass is 10.2. The van der Waals surface area contributed by atoms with Gasteiger partial charge in [-0.3, -0.25) is 4.79 Å². The van der Waals surface area contributed by atoms with Crippen LogP contribution in [0.3, 0.4) is 0 Å². The zero-order chi connectivity index (χ0) is 13.3. The second-order valence-electron chi connectivity index (χ2n) is 3.56. The Labute approximate surface area is 105 Å². The summed E-state index contributed by atoms with van der Waals surface area (Å²) in [5, 5.41) is 4.53. The highest BCUT2D eigenvalue weighted by atomic mass is 32.1. The Hall–Kier alpha value is -2.02. The number of aromatic nitrogens is 1. The molecule has 0 fully saturated rings. The van der Waals surface area contributed by atoms with Crippen LogP contribution in [0.25, 0.3) is 0 Å². The van der Waals surface area contributed by atoms with Gasteiger partial charge in [-0.2, -0.15) is 0 Å². The SMILES string of the molecule is Cc1nc(C(=O)Nc2c(N)cc(F)cc2F)cs1. The van der Waals surface area contributed by atoms with Gasteiger partial charge in [-0.05, 0) is 13.0 Å². The third kappa shape index (κ3) is 2.45. The van der Waals surface area contributed by atoms with Gasteiger partial charge >= 0.3 is 0 Å². The van der Waals surface area contributed by atoms with Gasteiger partial charge in [0.05, 0.1) is 10.7 Å². The van der Waals surface area contributed by atoms with Crippen molar-refractivity contribution in [2.45, 2.75) is 6.92 Å². The summed E-state index contributed by atoms with van der Waals surface area (Å²) < 4.78 is 26.3. The van der Waals surface area contributed by atoms with Crippen molar-refractivity contribution >= 4 is 28.6 Å². The van der Waals surface area contributed by atoms with Crippen LogP contribution in [-0.2, 0) is 0 Å². The van der Waals surface area contributed by atoms with Crippen molar-refractivity contribution in [2.24, 2.45) is 0 Å². The Balaban J connectivity index is 2.27. The second-order valence-corrected chi connectivity index (χ2v) is 4.62. The largest absolute Gasteiger partial charge is 0.397 e. The van der Waals surface area contributed by atoms with E-state index in [0.29, 0.717) is 11.1 Å². The van der Waals surface area contributed by atoms with E-state index < -0.39 is 17.5 Å². The molecule has 7 heteroatoms. The van der Waals surface area contributed by atoms with Crippen LogP contribution in [0.5, 0.6) is 0 Å². The van der Waals surface area contributed by atoms with Crippen LogP contribution in [0, 0.1) is 18.6 Å². The first-order chi connectivity index (χ1) is 8.47. The van der Waals surface area contributed by atoms with Crippen molar-refractivity contribution in [3.63, 3.8) is 0 Å². The normalized spacial score (nSPS) is 10.4. The molecule has 2 rings (SSSR count). The van der Waals surface area contributed by atoms with Crippen molar-refractivity contribution in [3.05, 3.63) is 39.8 Å². The van der Waals surface area contributed by atoms with Crippen molar-refractivity contribution in [1.29, 1.82) is 0 Å². The van der Waals surface area contributed by atoms with Crippen molar-refractivity contribution in [3.8, 4) is 0 Å². The van der Waals surface area contributed by atoms with E-state index in [1.165, 1.54) is 11.3 Å². The Morgan fingerprint density at radius 3 is 2.72 bits per heavy atom. The number of hydrogen-bond acceptors (Lipinski definition) is 4. The van der Waals surface area contributed by atoms with Gasteiger partial charge in [0.1, 0.15) is 17.2 Å². The number of carbonyl (C=O) groups excluding carboxylic acids is 1. The molecule has 4 nitrogen and oxygen atoms in total. The lowest BCUT2D eigenvalue weighted by Gasteiger charge is -2.08. The third-order valence-corrected chi connectivity index (χ3v) is 2.95. The molecule has 0 spiro atoms. The number of halogens is 2. The molecular formula is C11H9F2N3OS. The summed E-state index contributed by atoms with van der Waals surface area (Å²) in [7, 11) is 0. The zero-order valence-electron chi connectivity index (χ0n) is 9.33. The summed E-state index contributed by atoms with van der Waals surface area (Å²) in [5.74, 6) is -2.31. The van der Waals surface area contributed by atoms with Crippen LogP contribution in [0.1, 0.15) is 15.5 Å². The molecule has 0 aliphatic carbocycles. The minimum absolute atomic E-state index is 0.167. The summed E-state index contributed by atoms with van der Waals surface area (Å²) >= 11 is 1.30. The number of thiazole rings is 1. The van der Waals surface area contributed by atoms with Gasteiger partial charge in [-0.25, -0.2) is 13.8 Å². The molecular weight excluding hydrogens is 260 g/mol. The molecule has 1 heterocycles. The minimum Gasteiger partial charge on any atom is -0.397 e. The maximum atomic E-state index is 13.4. The molecule has 94 valence electrons. The van der Waals surface area contributed by atoms with E-state index in [1.807, 2.05) is 0 Å².